The zero-order chi connectivity index (χ0) is 23.5. The Hall–Kier alpha value is -3.71. The smallest absolute Gasteiger partial charge is 0.323 e. The van der Waals surface area contributed by atoms with Gasteiger partial charge in [-0.3, -0.25) is 9.59 Å². The Morgan fingerprint density at radius 2 is 1.82 bits per heavy atom. The number of aliphatic carboxylic acids is 1. The molecule has 6 nitrogen and oxygen atoms in total. The van der Waals surface area contributed by atoms with Crippen LogP contribution in [-0.4, -0.2) is 38.0 Å². The molecular formula is C25H21ClFN3O3. The van der Waals surface area contributed by atoms with Crippen molar-refractivity contribution in [3.8, 4) is 0 Å². The number of carboxylic acids is 1. The number of carbonyl (C=O) groups is 2. The summed E-state index contributed by atoms with van der Waals surface area (Å²) in [4.78, 5) is 30.4. The molecule has 0 saturated heterocycles. The van der Waals surface area contributed by atoms with Gasteiger partial charge >= 0.3 is 5.97 Å². The predicted octanol–water partition coefficient (Wildman–Crippen LogP) is 4.91. The van der Waals surface area contributed by atoms with Crippen molar-refractivity contribution in [3.63, 3.8) is 0 Å². The third-order valence-corrected chi connectivity index (χ3v) is 5.63. The average Bonchev–Trinajstić information content (AvgIpc) is 3.10. The fraction of sp³-hybridized carbons (Fsp3) is 0.160. The van der Waals surface area contributed by atoms with Crippen molar-refractivity contribution in [1.82, 2.24) is 14.5 Å². The second-order valence-corrected chi connectivity index (χ2v) is 8.14. The number of aryl methyl sites for hydroxylation is 1. The summed E-state index contributed by atoms with van der Waals surface area (Å²) in [5, 5.41) is 9.23. The van der Waals surface area contributed by atoms with Crippen molar-refractivity contribution in [2.24, 2.45) is 0 Å². The van der Waals surface area contributed by atoms with E-state index in [1.807, 2.05) is 43.3 Å². The van der Waals surface area contributed by atoms with Crippen molar-refractivity contribution < 1.29 is 19.1 Å². The van der Waals surface area contributed by atoms with E-state index in [0.29, 0.717) is 23.2 Å². The van der Waals surface area contributed by atoms with Gasteiger partial charge in [0.1, 0.15) is 18.2 Å². The highest BCUT2D eigenvalue weighted by atomic mass is 35.5. The summed E-state index contributed by atoms with van der Waals surface area (Å²) in [5.74, 6) is -1.39. The summed E-state index contributed by atoms with van der Waals surface area (Å²) in [5.41, 5.74) is 3.50. The molecule has 0 radical (unpaired) electrons. The quantitative estimate of drug-likeness (QED) is 0.420. The lowest BCUT2D eigenvalue weighted by atomic mass is 10.1. The molecule has 4 aromatic rings. The minimum absolute atomic E-state index is 0.0232. The van der Waals surface area contributed by atoms with Gasteiger partial charge in [0.25, 0.3) is 5.91 Å². The van der Waals surface area contributed by atoms with E-state index >= 15 is 0 Å². The van der Waals surface area contributed by atoms with E-state index in [1.54, 1.807) is 12.1 Å². The SMILES string of the molecule is Cc1nc2cc(C(=O)N(CC(=O)O)Cc3ccc(F)c(Cl)c3)ccc2n1Cc1ccccc1. The summed E-state index contributed by atoms with van der Waals surface area (Å²) in [6.45, 7) is 2.02. The highest BCUT2D eigenvalue weighted by Crippen LogP contribution is 2.22. The fourth-order valence-corrected chi connectivity index (χ4v) is 3.96. The maximum atomic E-state index is 13.5. The first kappa shape index (κ1) is 22.5. The van der Waals surface area contributed by atoms with Gasteiger partial charge in [0, 0.05) is 18.7 Å². The molecule has 0 atom stereocenters. The van der Waals surface area contributed by atoms with Gasteiger partial charge in [0.15, 0.2) is 0 Å². The van der Waals surface area contributed by atoms with Crippen LogP contribution in [0.3, 0.4) is 0 Å². The molecular weight excluding hydrogens is 445 g/mol. The molecule has 8 heteroatoms. The van der Waals surface area contributed by atoms with Gasteiger partial charge in [-0.2, -0.15) is 0 Å². The molecule has 168 valence electrons. The number of carboxylic acid groups (broad SMARTS) is 1. The monoisotopic (exact) mass is 465 g/mol. The van der Waals surface area contributed by atoms with Crippen molar-refractivity contribution in [1.29, 1.82) is 0 Å². The lowest BCUT2D eigenvalue weighted by Gasteiger charge is -2.21. The molecule has 0 spiro atoms. The Bertz CT molecular complexity index is 1340. The minimum Gasteiger partial charge on any atom is -0.480 e. The summed E-state index contributed by atoms with van der Waals surface area (Å²) in [6.07, 6.45) is 0. The Labute approximate surface area is 194 Å². The summed E-state index contributed by atoms with van der Waals surface area (Å²) in [6, 6.07) is 19.2. The third kappa shape index (κ3) is 5.04. The number of hydrogen-bond donors (Lipinski definition) is 1. The zero-order valence-electron chi connectivity index (χ0n) is 17.8. The number of imidazole rings is 1. The molecule has 1 aromatic heterocycles. The lowest BCUT2D eigenvalue weighted by Crippen LogP contribution is -2.35. The van der Waals surface area contributed by atoms with Crippen molar-refractivity contribution in [3.05, 3.63) is 100 Å². The van der Waals surface area contributed by atoms with Crippen LogP contribution in [0.1, 0.15) is 27.3 Å². The van der Waals surface area contributed by atoms with E-state index in [4.69, 9.17) is 11.6 Å². The number of nitrogens with zero attached hydrogens (tertiary/aromatic N) is 3. The number of amides is 1. The molecule has 0 fully saturated rings. The van der Waals surface area contributed by atoms with E-state index in [1.165, 1.54) is 23.1 Å². The number of aromatic nitrogens is 2. The maximum absolute atomic E-state index is 13.5. The molecule has 0 aliphatic rings. The van der Waals surface area contributed by atoms with Crippen LogP contribution in [0.2, 0.25) is 5.02 Å². The number of halogens is 2. The largest absolute Gasteiger partial charge is 0.480 e. The first-order chi connectivity index (χ1) is 15.8. The molecule has 0 bridgehead atoms. The van der Waals surface area contributed by atoms with Crippen LogP contribution < -0.4 is 0 Å². The average molecular weight is 466 g/mol. The topological polar surface area (TPSA) is 75.4 Å². The Morgan fingerprint density at radius 1 is 1.06 bits per heavy atom. The van der Waals surface area contributed by atoms with Gasteiger partial charge in [0.2, 0.25) is 0 Å². The summed E-state index contributed by atoms with van der Waals surface area (Å²) in [7, 11) is 0. The zero-order valence-corrected chi connectivity index (χ0v) is 18.6. The van der Waals surface area contributed by atoms with Crippen LogP contribution in [0.4, 0.5) is 4.39 Å². The summed E-state index contributed by atoms with van der Waals surface area (Å²) < 4.78 is 15.5. The van der Waals surface area contributed by atoms with Crippen LogP contribution in [0, 0.1) is 12.7 Å². The molecule has 0 saturated carbocycles. The van der Waals surface area contributed by atoms with Crippen LogP contribution >= 0.6 is 11.6 Å². The first-order valence-electron chi connectivity index (χ1n) is 10.3. The number of carbonyl (C=O) groups excluding carboxylic acids is 1. The van der Waals surface area contributed by atoms with Crippen molar-refractivity contribution >= 4 is 34.5 Å². The van der Waals surface area contributed by atoms with E-state index in [9.17, 15) is 19.1 Å². The van der Waals surface area contributed by atoms with Crippen LogP contribution in [0.5, 0.6) is 0 Å². The normalized spacial score (nSPS) is 11.0. The Kier molecular flexibility index (Phi) is 6.42. The molecule has 0 unspecified atom stereocenters. The van der Waals surface area contributed by atoms with Gasteiger partial charge in [0.05, 0.1) is 16.1 Å². The standard InChI is InChI=1S/C25H21ClFN3O3/c1-16-28-22-12-19(8-10-23(22)30(16)14-17-5-3-2-4-6-17)25(33)29(15-24(31)32)13-18-7-9-21(27)20(26)11-18/h2-12H,13-15H2,1H3,(H,31,32). The van der Waals surface area contributed by atoms with Crippen LogP contribution in [-0.2, 0) is 17.9 Å². The van der Waals surface area contributed by atoms with Gasteiger partial charge < -0.3 is 14.6 Å². The molecule has 4 rings (SSSR count). The highest BCUT2D eigenvalue weighted by molar-refractivity contribution is 6.30. The fourth-order valence-electron chi connectivity index (χ4n) is 3.75. The molecule has 33 heavy (non-hydrogen) atoms. The molecule has 0 aliphatic heterocycles. The second-order valence-electron chi connectivity index (χ2n) is 7.74. The maximum Gasteiger partial charge on any atom is 0.323 e. The Balaban J connectivity index is 1.63. The number of fused-ring (bicyclic) bond motifs is 1. The van der Waals surface area contributed by atoms with E-state index in [2.05, 4.69) is 9.55 Å². The highest BCUT2D eigenvalue weighted by Gasteiger charge is 2.21. The van der Waals surface area contributed by atoms with Gasteiger partial charge in [-0.1, -0.05) is 48.0 Å². The van der Waals surface area contributed by atoms with E-state index in [0.717, 1.165) is 16.9 Å². The second kappa shape index (κ2) is 9.42. The van der Waals surface area contributed by atoms with Gasteiger partial charge in [-0.25, -0.2) is 9.37 Å². The van der Waals surface area contributed by atoms with Crippen LogP contribution in [0.25, 0.3) is 11.0 Å². The van der Waals surface area contributed by atoms with Crippen molar-refractivity contribution in [2.45, 2.75) is 20.0 Å². The molecule has 1 amide bonds. The predicted molar refractivity (Wildman–Crippen MR) is 124 cm³/mol. The third-order valence-electron chi connectivity index (χ3n) is 5.34. The molecule has 0 aliphatic carbocycles. The van der Waals surface area contributed by atoms with E-state index < -0.39 is 24.2 Å². The van der Waals surface area contributed by atoms with Crippen LogP contribution in [0.15, 0.2) is 66.7 Å². The summed E-state index contributed by atoms with van der Waals surface area (Å²) >= 11 is 5.83. The van der Waals surface area contributed by atoms with E-state index in [-0.39, 0.29) is 11.6 Å². The van der Waals surface area contributed by atoms with Gasteiger partial charge in [-0.15, -0.1) is 0 Å². The molecule has 3 aromatic carbocycles. The van der Waals surface area contributed by atoms with Gasteiger partial charge in [-0.05, 0) is 48.4 Å². The Morgan fingerprint density at radius 3 is 2.52 bits per heavy atom. The number of hydrogen-bond acceptors (Lipinski definition) is 3. The first-order valence-corrected chi connectivity index (χ1v) is 10.7. The minimum atomic E-state index is -1.15. The molecule has 1 N–H and O–H groups in total. The van der Waals surface area contributed by atoms with Crippen molar-refractivity contribution in [2.75, 3.05) is 6.54 Å². The number of benzene rings is 3. The lowest BCUT2D eigenvalue weighted by molar-refractivity contribution is -0.137. The molecule has 1 heterocycles. The number of rotatable bonds is 7.